The van der Waals surface area contributed by atoms with Gasteiger partial charge in [0.1, 0.15) is 4.88 Å². The number of nitrogens with zero attached hydrogens (tertiary/aromatic N) is 2. The smallest absolute Gasteiger partial charge is 0.269 e. The Balaban J connectivity index is 2.24. The van der Waals surface area contributed by atoms with Crippen LogP contribution >= 0.6 is 39.1 Å². The lowest BCUT2D eigenvalue weighted by atomic mass is 10.2. The Hall–Kier alpha value is -0.980. The number of benzene rings is 1. The van der Waals surface area contributed by atoms with Crippen LogP contribution in [0.5, 0.6) is 0 Å². The lowest BCUT2D eigenvalue weighted by molar-refractivity contribution is 0.102. The van der Waals surface area contributed by atoms with Crippen LogP contribution in [0.3, 0.4) is 0 Å². The zero-order valence-electron chi connectivity index (χ0n) is 9.41. The molecule has 2 rings (SSSR count). The number of hydrogen-bond donors (Lipinski definition) is 1. The highest BCUT2D eigenvalue weighted by Crippen LogP contribution is 2.26. The van der Waals surface area contributed by atoms with E-state index >= 15 is 0 Å². The monoisotopic (exact) mass is 345 g/mol. The van der Waals surface area contributed by atoms with Crippen LogP contribution in [0.25, 0.3) is 0 Å². The van der Waals surface area contributed by atoms with E-state index in [0.29, 0.717) is 27.7 Å². The number of carbonyl (C=O) groups excluding carboxylic acids is 1. The fraction of sp³-hybridized carbons (Fsp3) is 0.182. The molecule has 0 fully saturated rings. The predicted octanol–water partition coefficient (Wildman–Crippen LogP) is 3.77. The van der Waals surface area contributed by atoms with Crippen LogP contribution in [0.4, 0.5) is 5.69 Å². The molecule has 94 valence electrons. The van der Waals surface area contributed by atoms with E-state index in [2.05, 4.69) is 30.8 Å². The van der Waals surface area contributed by atoms with Crippen molar-refractivity contribution in [3.63, 3.8) is 0 Å². The first-order valence-electron chi connectivity index (χ1n) is 5.19. The molecule has 1 N–H and O–H groups in total. The van der Waals surface area contributed by atoms with Gasteiger partial charge in [-0.1, -0.05) is 38.9 Å². The van der Waals surface area contributed by atoms with Crippen molar-refractivity contribution in [2.75, 3.05) is 5.32 Å². The summed E-state index contributed by atoms with van der Waals surface area (Å²) in [7, 11) is 0. The first-order chi connectivity index (χ1) is 8.61. The van der Waals surface area contributed by atoms with Gasteiger partial charge in [-0.2, -0.15) is 0 Å². The zero-order valence-corrected chi connectivity index (χ0v) is 12.6. The maximum atomic E-state index is 12.1. The van der Waals surface area contributed by atoms with Crippen molar-refractivity contribution in [2.45, 2.75) is 13.3 Å². The Morgan fingerprint density at radius 2 is 2.33 bits per heavy atom. The fourth-order valence-electron chi connectivity index (χ4n) is 1.38. The lowest BCUT2D eigenvalue weighted by Gasteiger charge is -2.06. The highest BCUT2D eigenvalue weighted by molar-refractivity contribution is 9.10. The molecule has 0 aliphatic heterocycles. The minimum absolute atomic E-state index is 0.234. The molecule has 0 unspecified atom stereocenters. The van der Waals surface area contributed by atoms with E-state index in [-0.39, 0.29) is 5.91 Å². The first-order valence-corrected chi connectivity index (χ1v) is 7.14. The van der Waals surface area contributed by atoms with Crippen molar-refractivity contribution < 1.29 is 4.79 Å². The molecule has 0 spiro atoms. The molecule has 1 aromatic carbocycles. The van der Waals surface area contributed by atoms with Crippen LogP contribution in [-0.2, 0) is 6.42 Å². The fourth-order valence-corrected chi connectivity index (χ4v) is 2.56. The molecule has 0 saturated carbocycles. The van der Waals surface area contributed by atoms with Crippen molar-refractivity contribution in [2.24, 2.45) is 0 Å². The van der Waals surface area contributed by atoms with E-state index in [1.165, 1.54) is 0 Å². The molecule has 0 radical (unpaired) electrons. The number of aryl methyl sites for hydroxylation is 1. The summed E-state index contributed by atoms with van der Waals surface area (Å²) in [5.74, 6) is -0.234. The third-order valence-corrected chi connectivity index (χ3v) is 3.86. The summed E-state index contributed by atoms with van der Waals surface area (Å²) < 4.78 is 4.63. The second-order valence-electron chi connectivity index (χ2n) is 3.48. The van der Waals surface area contributed by atoms with Crippen molar-refractivity contribution in [3.05, 3.63) is 38.3 Å². The van der Waals surface area contributed by atoms with Crippen molar-refractivity contribution in [3.8, 4) is 0 Å². The molecular weight excluding hydrogens is 338 g/mol. The molecule has 2 aromatic rings. The zero-order chi connectivity index (χ0) is 13.1. The van der Waals surface area contributed by atoms with Crippen LogP contribution in [0.15, 0.2) is 22.7 Å². The minimum Gasteiger partial charge on any atom is -0.320 e. The summed E-state index contributed by atoms with van der Waals surface area (Å²) in [5.41, 5.74) is 1.26. The van der Waals surface area contributed by atoms with Gasteiger partial charge in [0.15, 0.2) is 0 Å². The molecular formula is C11H9BrClN3OS. The van der Waals surface area contributed by atoms with Crippen molar-refractivity contribution >= 4 is 50.7 Å². The molecule has 4 nitrogen and oxygen atoms in total. The number of halogens is 2. The standard InChI is InChI=1S/C11H9BrClN3OS/c1-2-8-10(18-16-15-8)11(17)14-9-5-6(12)3-4-7(9)13/h3-5H,2H2,1H3,(H,14,17). The number of rotatable bonds is 3. The second-order valence-corrected chi connectivity index (χ2v) is 5.56. The Bertz CT molecular complexity index is 587. The third-order valence-electron chi connectivity index (χ3n) is 2.27. The molecule has 18 heavy (non-hydrogen) atoms. The minimum atomic E-state index is -0.234. The van der Waals surface area contributed by atoms with Crippen LogP contribution in [-0.4, -0.2) is 15.5 Å². The van der Waals surface area contributed by atoms with Crippen LogP contribution < -0.4 is 5.32 Å². The van der Waals surface area contributed by atoms with E-state index in [0.717, 1.165) is 16.0 Å². The van der Waals surface area contributed by atoms with Gasteiger partial charge in [0.25, 0.3) is 5.91 Å². The van der Waals surface area contributed by atoms with Gasteiger partial charge in [-0.05, 0) is 36.2 Å². The third kappa shape index (κ3) is 2.88. The van der Waals surface area contributed by atoms with Gasteiger partial charge in [0.05, 0.1) is 16.4 Å². The summed E-state index contributed by atoms with van der Waals surface area (Å²) in [4.78, 5) is 12.6. The Kier molecular flexibility index (Phi) is 4.31. The van der Waals surface area contributed by atoms with E-state index < -0.39 is 0 Å². The SMILES string of the molecule is CCc1nnsc1C(=O)Nc1cc(Br)ccc1Cl. The van der Waals surface area contributed by atoms with Crippen molar-refractivity contribution in [1.29, 1.82) is 0 Å². The Morgan fingerprint density at radius 1 is 1.56 bits per heavy atom. The molecule has 0 bridgehead atoms. The number of aromatic nitrogens is 2. The number of amides is 1. The number of hydrogen-bond acceptors (Lipinski definition) is 4. The van der Waals surface area contributed by atoms with Gasteiger partial charge in [0, 0.05) is 4.47 Å². The lowest BCUT2D eigenvalue weighted by Crippen LogP contribution is -2.12. The largest absolute Gasteiger partial charge is 0.320 e. The maximum Gasteiger partial charge on any atom is 0.269 e. The van der Waals surface area contributed by atoms with E-state index in [4.69, 9.17) is 11.6 Å². The quantitative estimate of drug-likeness (QED) is 0.920. The van der Waals surface area contributed by atoms with E-state index in [1.807, 2.05) is 13.0 Å². The number of carbonyl (C=O) groups is 1. The molecule has 7 heteroatoms. The van der Waals surface area contributed by atoms with Crippen LogP contribution in [0, 0.1) is 0 Å². The van der Waals surface area contributed by atoms with Gasteiger partial charge < -0.3 is 5.32 Å². The molecule has 1 amide bonds. The molecule has 1 aromatic heterocycles. The van der Waals surface area contributed by atoms with Gasteiger partial charge >= 0.3 is 0 Å². The average Bonchev–Trinajstić information content (AvgIpc) is 2.82. The van der Waals surface area contributed by atoms with Crippen LogP contribution in [0.1, 0.15) is 22.3 Å². The average molecular weight is 347 g/mol. The molecule has 0 aliphatic carbocycles. The number of nitrogens with one attached hydrogen (secondary N) is 1. The van der Waals surface area contributed by atoms with Gasteiger partial charge in [0.2, 0.25) is 0 Å². The highest BCUT2D eigenvalue weighted by Gasteiger charge is 2.16. The summed E-state index contributed by atoms with van der Waals surface area (Å²) in [5, 5.41) is 7.15. The van der Waals surface area contributed by atoms with Crippen molar-refractivity contribution in [1.82, 2.24) is 9.59 Å². The van der Waals surface area contributed by atoms with E-state index in [9.17, 15) is 4.79 Å². The Morgan fingerprint density at radius 3 is 3.06 bits per heavy atom. The first kappa shape index (κ1) is 13.5. The normalized spacial score (nSPS) is 10.4. The summed E-state index contributed by atoms with van der Waals surface area (Å²) in [6.45, 7) is 1.93. The predicted molar refractivity (Wildman–Crippen MR) is 76.4 cm³/mol. The van der Waals surface area contributed by atoms with Gasteiger partial charge in [-0.15, -0.1) is 5.10 Å². The highest BCUT2D eigenvalue weighted by atomic mass is 79.9. The topological polar surface area (TPSA) is 54.9 Å². The Labute approximate surface area is 122 Å². The van der Waals surface area contributed by atoms with E-state index in [1.54, 1.807) is 12.1 Å². The summed E-state index contributed by atoms with van der Waals surface area (Å²) >= 11 is 10.4. The second kappa shape index (κ2) is 5.77. The summed E-state index contributed by atoms with van der Waals surface area (Å²) in [6, 6.07) is 5.27. The molecule has 0 saturated heterocycles. The van der Waals surface area contributed by atoms with Gasteiger partial charge in [-0.25, -0.2) is 0 Å². The van der Waals surface area contributed by atoms with Crippen LogP contribution in [0.2, 0.25) is 5.02 Å². The molecule has 0 aliphatic rings. The molecule has 0 atom stereocenters. The maximum absolute atomic E-state index is 12.1. The summed E-state index contributed by atoms with van der Waals surface area (Å²) in [6.07, 6.45) is 0.672. The molecule has 1 heterocycles. The number of anilines is 1. The van der Waals surface area contributed by atoms with Gasteiger partial charge in [-0.3, -0.25) is 4.79 Å².